The van der Waals surface area contributed by atoms with Crippen LogP contribution in [-0.2, 0) is 4.79 Å². The van der Waals surface area contributed by atoms with Crippen LogP contribution in [0.5, 0.6) is 0 Å². The Kier molecular flexibility index (Phi) is 16.6. The molecule has 23 heavy (non-hydrogen) atoms. The van der Waals surface area contributed by atoms with Crippen LogP contribution in [0, 0.1) is 0 Å². The van der Waals surface area contributed by atoms with Crippen LogP contribution in [0.2, 0.25) is 0 Å². The van der Waals surface area contributed by atoms with Crippen molar-refractivity contribution in [3.63, 3.8) is 0 Å². The number of carbonyl (C=O) groups is 1. The summed E-state index contributed by atoms with van der Waals surface area (Å²) in [7, 11) is -1.85. The van der Waals surface area contributed by atoms with E-state index in [4.69, 9.17) is 9.79 Å². The fourth-order valence-electron chi connectivity index (χ4n) is 2.41. The molecular formula is C15H35N4O3P. The molecule has 1 saturated heterocycles. The molecule has 1 rings (SSSR count). The van der Waals surface area contributed by atoms with Crippen molar-refractivity contribution in [1.29, 1.82) is 0 Å². The van der Waals surface area contributed by atoms with Gasteiger partial charge in [0.1, 0.15) is 6.29 Å². The zero-order chi connectivity index (χ0) is 17.3. The Balaban J connectivity index is 0.00000232. The standard InChI is InChI=1S/C13H29N4O3P.C2H6/c18-12-11-16-7-1-3-15-6-10-17(13-21(19)20)8-2-4-14-5-9-16;1-2/h12,14-15,19-20H,1-11,13H2;1-2H3. The topological polar surface area (TPSA) is 88.1 Å². The molecule has 8 heteroatoms. The molecule has 7 nitrogen and oxygen atoms in total. The summed E-state index contributed by atoms with van der Waals surface area (Å²) in [4.78, 5) is 33.3. The van der Waals surface area contributed by atoms with E-state index in [9.17, 15) is 4.79 Å². The third-order valence-corrected chi connectivity index (χ3v) is 4.18. The number of hydrogen-bond donors (Lipinski definition) is 4. The van der Waals surface area contributed by atoms with Gasteiger partial charge in [-0.05, 0) is 39.0 Å². The molecule has 0 radical (unpaired) electrons. The Morgan fingerprint density at radius 2 is 1.43 bits per heavy atom. The first-order valence-corrected chi connectivity index (χ1v) is 10.1. The van der Waals surface area contributed by atoms with Crippen molar-refractivity contribution in [2.75, 3.05) is 65.2 Å². The van der Waals surface area contributed by atoms with Crippen LogP contribution in [0.1, 0.15) is 26.7 Å². The van der Waals surface area contributed by atoms with Gasteiger partial charge in [0.25, 0.3) is 0 Å². The fourth-order valence-corrected chi connectivity index (χ4v) is 3.05. The van der Waals surface area contributed by atoms with E-state index in [0.717, 1.165) is 71.5 Å². The van der Waals surface area contributed by atoms with Gasteiger partial charge in [-0.25, -0.2) is 0 Å². The Labute approximate surface area is 142 Å². The van der Waals surface area contributed by atoms with Gasteiger partial charge in [0, 0.05) is 26.2 Å². The Bertz CT molecular complexity index is 257. The Morgan fingerprint density at radius 1 is 0.913 bits per heavy atom. The molecule has 4 N–H and O–H groups in total. The maximum absolute atomic E-state index is 10.7. The van der Waals surface area contributed by atoms with Crippen LogP contribution in [0.4, 0.5) is 0 Å². The molecule has 0 unspecified atom stereocenters. The van der Waals surface area contributed by atoms with E-state index < -0.39 is 8.38 Å². The quantitative estimate of drug-likeness (QED) is 0.421. The van der Waals surface area contributed by atoms with E-state index in [1.165, 1.54) is 0 Å². The zero-order valence-corrected chi connectivity index (χ0v) is 15.6. The first-order chi connectivity index (χ1) is 11.2. The average molecular weight is 350 g/mol. The first-order valence-electron chi connectivity index (χ1n) is 8.67. The smallest absolute Gasteiger partial charge is 0.180 e. The molecule has 1 fully saturated rings. The summed E-state index contributed by atoms with van der Waals surface area (Å²) in [6.45, 7) is 11.6. The minimum atomic E-state index is -1.85. The second kappa shape index (κ2) is 16.7. The van der Waals surface area contributed by atoms with E-state index in [1.807, 2.05) is 13.8 Å². The van der Waals surface area contributed by atoms with Gasteiger partial charge < -0.3 is 25.2 Å². The average Bonchev–Trinajstić information content (AvgIpc) is 2.54. The minimum Gasteiger partial charge on any atom is -0.349 e. The van der Waals surface area contributed by atoms with Crippen molar-refractivity contribution in [2.45, 2.75) is 26.7 Å². The summed E-state index contributed by atoms with van der Waals surface area (Å²) < 4.78 is 0. The molecule has 1 aliphatic heterocycles. The third-order valence-electron chi connectivity index (χ3n) is 3.52. The number of nitrogens with zero attached hydrogens (tertiary/aromatic N) is 2. The molecule has 0 aromatic carbocycles. The predicted molar refractivity (Wildman–Crippen MR) is 96.6 cm³/mol. The van der Waals surface area contributed by atoms with Crippen molar-refractivity contribution in [3.05, 3.63) is 0 Å². The van der Waals surface area contributed by atoms with Gasteiger partial charge in [-0.1, -0.05) is 13.8 Å². The van der Waals surface area contributed by atoms with Gasteiger partial charge in [0.05, 0.1) is 12.8 Å². The first kappa shape index (κ1) is 22.9. The maximum Gasteiger partial charge on any atom is 0.180 e. The number of carbonyl (C=O) groups excluding carboxylic acids is 1. The summed E-state index contributed by atoms with van der Waals surface area (Å²) in [5.74, 6) is 0. The van der Waals surface area contributed by atoms with E-state index >= 15 is 0 Å². The van der Waals surface area contributed by atoms with Crippen LogP contribution >= 0.6 is 8.38 Å². The molecule has 0 spiro atoms. The number of aldehydes is 1. The Hall–Kier alpha value is -0.140. The normalized spacial score (nSPS) is 20.4. The fraction of sp³-hybridized carbons (Fsp3) is 0.933. The summed E-state index contributed by atoms with van der Waals surface area (Å²) >= 11 is 0. The van der Waals surface area contributed by atoms with E-state index in [-0.39, 0.29) is 0 Å². The lowest BCUT2D eigenvalue weighted by molar-refractivity contribution is -0.108. The van der Waals surface area contributed by atoms with Crippen molar-refractivity contribution in [2.24, 2.45) is 0 Å². The lowest BCUT2D eigenvalue weighted by Gasteiger charge is -2.24. The van der Waals surface area contributed by atoms with Crippen LogP contribution in [-0.4, -0.2) is 91.1 Å². The maximum atomic E-state index is 10.7. The van der Waals surface area contributed by atoms with Gasteiger partial charge in [-0.2, -0.15) is 0 Å². The van der Waals surface area contributed by atoms with Crippen LogP contribution < -0.4 is 10.6 Å². The number of nitrogens with one attached hydrogen (secondary N) is 2. The molecule has 138 valence electrons. The highest BCUT2D eigenvalue weighted by atomic mass is 31.2. The number of rotatable bonds is 4. The van der Waals surface area contributed by atoms with Crippen molar-refractivity contribution >= 4 is 14.7 Å². The van der Waals surface area contributed by atoms with E-state index in [0.29, 0.717) is 12.8 Å². The third kappa shape index (κ3) is 14.0. The van der Waals surface area contributed by atoms with Crippen molar-refractivity contribution in [3.8, 4) is 0 Å². The SMILES string of the molecule is CC.O=CCN1CCCNCCN(CP(O)O)CCCNCC1. The minimum absolute atomic E-state index is 0.365. The molecule has 0 amide bonds. The zero-order valence-electron chi connectivity index (χ0n) is 14.7. The van der Waals surface area contributed by atoms with E-state index in [1.54, 1.807) is 0 Å². The highest BCUT2D eigenvalue weighted by Gasteiger charge is 2.10. The molecule has 0 aromatic rings. The van der Waals surface area contributed by atoms with Gasteiger partial charge in [-0.15, -0.1) is 0 Å². The molecule has 0 saturated carbocycles. The van der Waals surface area contributed by atoms with E-state index in [2.05, 4.69) is 20.4 Å². The highest BCUT2D eigenvalue weighted by molar-refractivity contribution is 7.44. The summed E-state index contributed by atoms with van der Waals surface area (Å²) in [6, 6.07) is 0. The van der Waals surface area contributed by atoms with Crippen molar-refractivity contribution < 1.29 is 14.6 Å². The summed E-state index contributed by atoms with van der Waals surface area (Å²) in [5.41, 5.74) is 0. The Morgan fingerprint density at radius 3 is 1.96 bits per heavy atom. The molecule has 0 bridgehead atoms. The van der Waals surface area contributed by atoms with Gasteiger partial charge >= 0.3 is 0 Å². The predicted octanol–water partition coefficient (Wildman–Crippen LogP) is 0.0425. The lowest BCUT2D eigenvalue weighted by atomic mass is 10.3. The van der Waals surface area contributed by atoms with Crippen LogP contribution in [0.25, 0.3) is 0 Å². The lowest BCUT2D eigenvalue weighted by Crippen LogP contribution is -2.38. The second-order valence-electron chi connectivity index (χ2n) is 5.31. The molecule has 0 atom stereocenters. The van der Waals surface area contributed by atoms with Gasteiger partial charge in [-0.3, -0.25) is 9.80 Å². The monoisotopic (exact) mass is 350 g/mol. The van der Waals surface area contributed by atoms with Crippen molar-refractivity contribution in [1.82, 2.24) is 20.4 Å². The summed E-state index contributed by atoms with van der Waals surface area (Å²) in [6.07, 6.45) is 3.33. The van der Waals surface area contributed by atoms with Gasteiger partial charge in [0.2, 0.25) is 0 Å². The molecule has 1 aliphatic rings. The second-order valence-corrected chi connectivity index (χ2v) is 6.33. The van der Waals surface area contributed by atoms with Crippen LogP contribution in [0.15, 0.2) is 0 Å². The molecule has 0 aromatic heterocycles. The van der Waals surface area contributed by atoms with Crippen LogP contribution in [0.3, 0.4) is 0 Å². The van der Waals surface area contributed by atoms with Gasteiger partial charge in [0.15, 0.2) is 8.38 Å². The molecule has 1 heterocycles. The summed E-state index contributed by atoms with van der Waals surface area (Å²) in [5, 5.41) is 6.76. The highest BCUT2D eigenvalue weighted by Crippen LogP contribution is 2.23. The number of hydrogen-bond acceptors (Lipinski definition) is 7. The molecular weight excluding hydrogens is 315 g/mol. The largest absolute Gasteiger partial charge is 0.349 e. The molecule has 0 aliphatic carbocycles.